The summed E-state index contributed by atoms with van der Waals surface area (Å²) >= 11 is 6.05. The number of carbonyl (C=O) groups excluding carboxylic acids is 1. The predicted molar refractivity (Wildman–Crippen MR) is 129 cm³/mol. The normalized spacial score (nSPS) is 14.8. The van der Waals surface area contributed by atoms with Gasteiger partial charge in [0.25, 0.3) is 11.9 Å². The maximum absolute atomic E-state index is 13.5. The fourth-order valence-electron chi connectivity index (χ4n) is 4.28. The molecule has 7 heteroatoms. The van der Waals surface area contributed by atoms with Crippen molar-refractivity contribution in [1.82, 2.24) is 14.8 Å². The van der Waals surface area contributed by atoms with E-state index < -0.39 is 0 Å². The van der Waals surface area contributed by atoms with Gasteiger partial charge in [-0.25, -0.2) is 0 Å². The Morgan fingerprint density at radius 2 is 1.94 bits per heavy atom. The van der Waals surface area contributed by atoms with Gasteiger partial charge in [-0.05, 0) is 62.8 Å². The Hall–Kier alpha value is -2.57. The molecule has 0 spiro atoms. The Labute approximate surface area is 194 Å². The molecule has 1 aromatic heterocycles. The van der Waals surface area contributed by atoms with Crippen molar-refractivity contribution in [3.8, 4) is 0 Å². The van der Waals surface area contributed by atoms with Crippen molar-refractivity contribution in [3.05, 3.63) is 58.6 Å². The van der Waals surface area contributed by atoms with Gasteiger partial charge >= 0.3 is 0 Å². The number of hydrogen-bond acceptors (Lipinski definition) is 5. The first-order chi connectivity index (χ1) is 15.5. The first kappa shape index (κ1) is 22.6. The molecule has 1 amide bonds. The minimum absolute atomic E-state index is 0.0806. The monoisotopic (exact) mass is 454 g/mol. The zero-order chi connectivity index (χ0) is 22.5. The van der Waals surface area contributed by atoms with Crippen LogP contribution < -0.4 is 5.32 Å². The summed E-state index contributed by atoms with van der Waals surface area (Å²) in [4.78, 5) is 22.2. The Morgan fingerprint density at radius 3 is 2.69 bits per heavy atom. The molecule has 0 unspecified atom stereocenters. The molecule has 1 fully saturated rings. The van der Waals surface area contributed by atoms with E-state index in [4.69, 9.17) is 16.0 Å². The average Bonchev–Trinajstić information content (AvgIpc) is 3.20. The molecule has 0 aliphatic heterocycles. The van der Waals surface area contributed by atoms with E-state index in [1.165, 1.54) is 19.3 Å². The summed E-state index contributed by atoms with van der Waals surface area (Å²) in [6.07, 6.45) is 5.83. The molecule has 32 heavy (non-hydrogen) atoms. The zero-order valence-corrected chi connectivity index (χ0v) is 19.6. The smallest absolute Gasteiger partial charge is 0.295 e. The quantitative estimate of drug-likeness (QED) is 0.491. The van der Waals surface area contributed by atoms with Crippen LogP contribution in [0.15, 0.2) is 46.9 Å². The van der Waals surface area contributed by atoms with Gasteiger partial charge in [0.2, 0.25) is 0 Å². The third kappa shape index (κ3) is 5.61. The van der Waals surface area contributed by atoms with E-state index in [-0.39, 0.29) is 5.91 Å². The molecule has 1 aliphatic carbocycles. The van der Waals surface area contributed by atoms with Gasteiger partial charge in [0.15, 0.2) is 5.58 Å². The summed E-state index contributed by atoms with van der Waals surface area (Å²) in [5.74, 6) is 0.0806. The molecule has 0 atom stereocenters. The first-order valence-electron chi connectivity index (χ1n) is 11.3. The van der Waals surface area contributed by atoms with Crippen molar-refractivity contribution in [3.63, 3.8) is 0 Å². The van der Waals surface area contributed by atoms with Crippen LogP contribution in [-0.4, -0.2) is 53.9 Å². The highest BCUT2D eigenvalue weighted by Gasteiger charge is 2.26. The lowest BCUT2D eigenvalue weighted by molar-refractivity contribution is 0.0618. The number of aromatic nitrogens is 1. The lowest BCUT2D eigenvalue weighted by atomic mass is 9.93. The fraction of sp³-hybridized carbons (Fsp3) is 0.440. The molecule has 170 valence electrons. The van der Waals surface area contributed by atoms with E-state index in [0.29, 0.717) is 40.3 Å². The lowest BCUT2D eigenvalue weighted by Crippen LogP contribution is -2.44. The van der Waals surface area contributed by atoms with E-state index >= 15 is 0 Å². The maximum atomic E-state index is 13.5. The number of carbonyl (C=O) groups is 1. The largest absolute Gasteiger partial charge is 0.424 e. The van der Waals surface area contributed by atoms with E-state index in [1.54, 1.807) is 0 Å². The van der Waals surface area contributed by atoms with Crippen LogP contribution in [0.3, 0.4) is 0 Å². The number of fused-ring (bicyclic) bond motifs is 1. The number of nitrogens with one attached hydrogen (secondary N) is 1. The number of halogens is 1. The number of amides is 1. The second-order valence-electron chi connectivity index (χ2n) is 8.78. The van der Waals surface area contributed by atoms with Crippen LogP contribution in [0.5, 0.6) is 0 Å². The highest BCUT2D eigenvalue weighted by Crippen LogP contribution is 2.26. The van der Waals surface area contributed by atoms with Crippen molar-refractivity contribution < 1.29 is 9.21 Å². The third-order valence-electron chi connectivity index (χ3n) is 6.03. The van der Waals surface area contributed by atoms with Crippen LogP contribution in [0.1, 0.15) is 48.0 Å². The summed E-state index contributed by atoms with van der Waals surface area (Å²) in [5.41, 5.74) is 3.05. The third-order valence-corrected chi connectivity index (χ3v) is 6.27. The molecule has 1 aliphatic rings. The lowest BCUT2D eigenvalue weighted by Gasteiger charge is -2.35. The molecule has 4 rings (SSSR count). The van der Waals surface area contributed by atoms with Gasteiger partial charge in [0.1, 0.15) is 5.52 Å². The Balaban J connectivity index is 1.50. The van der Waals surface area contributed by atoms with Crippen molar-refractivity contribution in [2.24, 2.45) is 0 Å². The summed E-state index contributed by atoms with van der Waals surface area (Å²) in [6, 6.07) is 13.9. The number of hydrogen-bond donors (Lipinski definition) is 1. The van der Waals surface area contributed by atoms with Crippen LogP contribution in [0.4, 0.5) is 6.01 Å². The molecular formula is C25H31ClN4O2. The van der Waals surface area contributed by atoms with Crippen molar-refractivity contribution in [2.45, 2.75) is 44.7 Å². The number of nitrogens with zero attached hydrogens (tertiary/aromatic N) is 3. The summed E-state index contributed by atoms with van der Waals surface area (Å²) in [6.45, 7) is 2.14. The molecule has 3 aromatic rings. The van der Waals surface area contributed by atoms with E-state index in [0.717, 1.165) is 31.5 Å². The topological polar surface area (TPSA) is 61.6 Å². The maximum Gasteiger partial charge on any atom is 0.295 e. The van der Waals surface area contributed by atoms with Gasteiger partial charge in [0.05, 0.1) is 0 Å². The Bertz CT molecular complexity index is 1060. The summed E-state index contributed by atoms with van der Waals surface area (Å²) in [5, 5.41) is 3.89. The molecule has 6 nitrogen and oxygen atoms in total. The number of oxazole rings is 1. The fourth-order valence-corrected chi connectivity index (χ4v) is 4.49. The minimum atomic E-state index is 0.0806. The minimum Gasteiger partial charge on any atom is -0.424 e. The van der Waals surface area contributed by atoms with Gasteiger partial charge in [-0.2, -0.15) is 4.98 Å². The average molecular weight is 455 g/mol. The van der Waals surface area contributed by atoms with Crippen LogP contribution >= 0.6 is 11.6 Å². The number of anilines is 1. The van der Waals surface area contributed by atoms with Crippen molar-refractivity contribution in [1.29, 1.82) is 0 Å². The SMILES string of the molecule is CN(C)CCN(C(=O)c1ccc2oc(NCc3cccc(Cl)c3)nc2c1)C1CCCCC1. The molecule has 1 N–H and O–H groups in total. The van der Waals surface area contributed by atoms with Gasteiger partial charge in [-0.1, -0.05) is 43.0 Å². The number of benzene rings is 2. The molecular weight excluding hydrogens is 424 g/mol. The van der Waals surface area contributed by atoms with Crippen LogP contribution in [0.2, 0.25) is 5.02 Å². The highest BCUT2D eigenvalue weighted by molar-refractivity contribution is 6.30. The summed E-state index contributed by atoms with van der Waals surface area (Å²) in [7, 11) is 4.09. The molecule has 0 bridgehead atoms. The number of rotatable bonds is 8. The van der Waals surface area contributed by atoms with Gasteiger partial charge in [-0.3, -0.25) is 4.79 Å². The molecule has 0 saturated heterocycles. The van der Waals surface area contributed by atoms with Crippen LogP contribution in [0.25, 0.3) is 11.1 Å². The molecule has 1 heterocycles. The first-order valence-corrected chi connectivity index (χ1v) is 11.7. The summed E-state index contributed by atoms with van der Waals surface area (Å²) < 4.78 is 5.82. The highest BCUT2D eigenvalue weighted by atomic mass is 35.5. The predicted octanol–water partition coefficient (Wildman–Crippen LogP) is 5.43. The van der Waals surface area contributed by atoms with E-state index in [1.807, 2.05) is 56.6 Å². The standard InChI is InChI=1S/C25H31ClN4O2/c1-29(2)13-14-30(21-9-4-3-5-10-21)24(31)19-11-12-23-22(16-19)28-25(32-23)27-17-18-7-6-8-20(26)15-18/h6-8,11-12,15-16,21H,3-5,9-10,13-14,17H2,1-2H3,(H,27,28). The number of likely N-dealkylation sites (N-methyl/N-ethyl adjacent to an activating group) is 1. The van der Waals surface area contributed by atoms with Gasteiger partial charge in [-0.15, -0.1) is 0 Å². The van der Waals surface area contributed by atoms with Crippen LogP contribution in [-0.2, 0) is 6.54 Å². The Morgan fingerprint density at radius 1 is 1.12 bits per heavy atom. The van der Waals surface area contributed by atoms with Crippen molar-refractivity contribution in [2.75, 3.05) is 32.5 Å². The van der Waals surface area contributed by atoms with E-state index in [9.17, 15) is 4.79 Å². The second-order valence-corrected chi connectivity index (χ2v) is 9.22. The van der Waals surface area contributed by atoms with Gasteiger partial charge in [0, 0.05) is 36.3 Å². The van der Waals surface area contributed by atoms with Crippen LogP contribution in [0, 0.1) is 0 Å². The van der Waals surface area contributed by atoms with E-state index in [2.05, 4.69) is 20.1 Å². The second kappa shape index (κ2) is 10.4. The van der Waals surface area contributed by atoms with Crippen molar-refractivity contribution >= 4 is 34.6 Å². The zero-order valence-electron chi connectivity index (χ0n) is 18.8. The molecule has 1 saturated carbocycles. The molecule has 2 aromatic carbocycles. The van der Waals surface area contributed by atoms with Gasteiger partial charge < -0.3 is 19.5 Å². The molecule has 0 radical (unpaired) electrons. The Kier molecular flexibility index (Phi) is 7.33.